The molecule has 0 saturated carbocycles. The molecule has 0 aliphatic rings. The number of hydrogen-bond donors (Lipinski definition) is 0. The van der Waals surface area contributed by atoms with Crippen LogP contribution in [-0.4, -0.2) is 11.6 Å². The van der Waals surface area contributed by atoms with Crippen LogP contribution in [-0.2, 0) is 22.4 Å². The molecule has 0 radical (unpaired) electrons. The molecule has 0 bridgehead atoms. The van der Waals surface area contributed by atoms with Gasteiger partial charge in [-0.2, -0.15) is 0 Å². The van der Waals surface area contributed by atoms with Gasteiger partial charge in [0.15, 0.2) is 0 Å². The van der Waals surface area contributed by atoms with Crippen molar-refractivity contribution in [2.24, 2.45) is 0 Å². The predicted octanol–water partition coefficient (Wildman–Crippen LogP) is 3.76. The van der Waals surface area contributed by atoms with Gasteiger partial charge in [0.25, 0.3) is 0 Å². The van der Waals surface area contributed by atoms with Gasteiger partial charge in [-0.15, -0.1) is 0 Å². The van der Waals surface area contributed by atoms with E-state index in [0.717, 1.165) is 15.6 Å². The summed E-state index contributed by atoms with van der Waals surface area (Å²) in [5.74, 6) is -0.0777. The predicted molar refractivity (Wildman–Crippen MR) is 82.6 cm³/mol. The molecule has 0 N–H and O–H groups in total. The Labute approximate surface area is 127 Å². The van der Waals surface area contributed by atoms with E-state index >= 15 is 0 Å². The fraction of sp³-hybridized carbons (Fsp3) is 0.176. The van der Waals surface area contributed by atoms with Gasteiger partial charge in [0.05, 0.1) is 6.42 Å². The Morgan fingerprint density at radius 1 is 0.800 bits per heavy atom. The smallest absolute Gasteiger partial charge is 0.144 e. The summed E-state index contributed by atoms with van der Waals surface area (Å²) in [6, 6.07) is 17.1. The quantitative estimate of drug-likeness (QED) is 0.755. The van der Waals surface area contributed by atoms with Crippen molar-refractivity contribution in [1.29, 1.82) is 0 Å². The minimum absolute atomic E-state index is 0.00374. The van der Waals surface area contributed by atoms with Crippen LogP contribution in [0.1, 0.15) is 17.5 Å². The third kappa shape index (κ3) is 4.42. The molecule has 0 aliphatic heterocycles. The Bertz CT molecular complexity index is 605. The van der Waals surface area contributed by atoms with Crippen LogP contribution in [0.3, 0.4) is 0 Å². The summed E-state index contributed by atoms with van der Waals surface area (Å²) >= 11 is 3.41. The molecular formula is C17H15BrO2. The summed E-state index contributed by atoms with van der Waals surface area (Å²) in [7, 11) is 0. The summed E-state index contributed by atoms with van der Waals surface area (Å²) in [5.41, 5.74) is 1.87. The van der Waals surface area contributed by atoms with Crippen LogP contribution in [0.25, 0.3) is 0 Å². The van der Waals surface area contributed by atoms with Crippen LogP contribution in [0, 0.1) is 0 Å². The normalized spacial score (nSPS) is 10.2. The van der Waals surface area contributed by atoms with Gasteiger partial charge in [0.1, 0.15) is 11.6 Å². The third-order valence-electron chi connectivity index (χ3n) is 2.98. The molecule has 0 aromatic heterocycles. The maximum atomic E-state index is 11.9. The van der Waals surface area contributed by atoms with E-state index in [0.29, 0.717) is 12.8 Å². The number of rotatable bonds is 6. The monoisotopic (exact) mass is 330 g/mol. The Balaban J connectivity index is 1.89. The van der Waals surface area contributed by atoms with Crippen molar-refractivity contribution in [2.75, 3.05) is 0 Å². The molecule has 2 rings (SSSR count). The third-order valence-corrected chi connectivity index (χ3v) is 3.76. The average Bonchev–Trinajstić information content (AvgIpc) is 2.42. The van der Waals surface area contributed by atoms with E-state index in [1.54, 1.807) is 0 Å². The fourth-order valence-corrected chi connectivity index (χ4v) is 2.45. The zero-order valence-electron chi connectivity index (χ0n) is 11.0. The Morgan fingerprint density at radius 2 is 1.40 bits per heavy atom. The first kappa shape index (κ1) is 14.7. The number of Topliss-reactive ketones (excluding diaryl/α,β-unsaturated/α-hetero) is 2. The van der Waals surface area contributed by atoms with E-state index in [1.165, 1.54) is 0 Å². The van der Waals surface area contributed by atoms with E-state index in [-0.39, 0.29) is 18.0 Å². The number of ketones is 2. The van der Waals surface area contributed by atoms with Gasteiger partial charge >= 0.3 is 0 Å². The summed E-state index contributed by atoms with van der Waals surface area (Å²) < 4.78 is 0.906. The van der Waals surface area contributed by atoms with Gasteiger partial charge in [-0.1, -0.05) is 64.5 Å². The lowest BCUT2D eigenvalue weighted by molar-refractivity contribution is -0.126. The summed E-state index contributed by atoms with van der Waals surface area (Å²) in [6.07, 6.45) is 0.612. The second kappa shape index (κ2) is 7.15. The van der Waals surface area contributed by atoms with E-state index in [4.69, 9.17) is 0 Å². The van der Waals surface area contributed by atoms with Crippen molar-refractivity contribution < 1.29 is 9.59 Å². The number of carbonyl (C=O) groups is 2. The van der Waals surface area contributed by atoms with Crippen LogP contribution in [0.4, 0.5) is 0 Å². The van der Waals surface area contributed by atoms with Crippen molar-refractivity contribution in [3.8, 4) is 0 Å². The first-order valence-corrected chi connectivity index (χ1v) is 7.25. The topological polar surface area (TPSA) is 34.1 Å². The van der Waals surface area contributed by atoms with E-state index in [9.17, 15) is 9.59 Å². The minimum Gasteiger partial charge on any atom is -0.299 e. The molecule has 0 fully saturated rings. The lowest BCUT2D eigenvalue weighted by Crippen LogP contribution is -2.12. The Morgan fingerprint density at radius 3 is 2.10 bits per heavy atom. The molecule has 0 aliphatic carbocycles. The van der Waals surface area contributed by atoms with E-state index in [2.05, 4.69) is 15.9 Å². The molecule has 0 saturated heterocycles. The molecule has 0 unspecified atom stereocenters. The van der Waals surface area contributed by atoms with Crippen molar-refractivity contribution in [2.45, 2.75) is 19.3 Å². The van der Waals surface area contributed by atoms with Crippen LogP contribution in [0.15, 0.2) is 59.1 Å². The van der Waals surface area contributed by atoms with Crippen LogP contribution < -0.4 is 0 Å². The van der Waals surface area contributed by atoms with E-state index < -0.39 is 0 Å². The molecule has 0 atom stereocenters. The summed E-state index contributed by atoms with van der Waals surface area (Å²) in [4.78, 5) is 23.8. The van der Waals surface area contributed by atoms with Gasteiger partial charge in [-0.3, -0.25) is 9.59 Å². The largest absolute Gasteiger partial charge is 0.299 e. The number of benzene rings is 2. The molecule has 0 amide bonds. The maximum absolute atomic E-state index is 11.9. The lowest BCUT2D eigenvalue weighted by Gasteiger charge is -2.04. The zero-order chi connectivity index (χ0) is 14.4. The standard InChI is InChI=1S/C17H15BrO2/c18-17-9-5-4-8-14(17)11-16(20)12-15(19)10-13-6-2-1-3-7-13/h1-9H,10-12H2. The molecule has 0 heterocycles. The maximum Gasteiger partial charge on any atom is 0.144 e. The molecular weight excluding hydrogens is 316 g/mol. The van der Waals surface area contributed by atoms with Crippen molar-refractivity contribution >= 4 is 27.5 Å². The highest BCUT2D eigenvalue weighted by Gasteiger charge is 2.12. The lowest BCUT2D eigenvalue weighted by atomic mass is 10.0. The number of hydrogen-bond acceptors (Lipinski definition) is 2. The van der Waals surface area contributed by atoms with Crippen molar-refractivity contribution in [3.63, 3.8) is 0 Å². The molecule has 102 valence electrons. The number of carbonyl (C=O) groups excluding carboxylic acids is 2. The number of halogens is 1. The van der Waals surface area contributed by atoms with Gasteiger partial charge in [-0.05, 0) is 17.2 Å². The Hall–Kier alpha value is -1.74. The molecule has 2 nitrogen and oxygen atoms in total. The van der Waals surface area contributed by atoms with Crippen LogP contribution >= 0.6 is 15.9 Å². The molecule has 2 aromatic carbocycles. The van der Waals surface area contributed by atoms with Gasteiger partial charge in [0.2, 0.25) is 0 Å². The summed E-state index contributed by atoms with van der Waals surface area (Å²) in [5, 5.41) is 0. The van der Waals surface area contributed by atoms with Crippen molar-refractivity contribution in [3.05, 3.63) is 70.2 Å². The highest BCUT2D eigenvalue weighted by molar-refractivity contribution is 9.10. The second-order valence-electron chi connectivity index (χ2n) is 4.68. The average molecular weight is 331 g/mol. The van der Waals surface area contributed by atoms with E-state index in [1.807, 2.05) is 54.6 Å². The zero-order valence-corrected chi connectivity index (χ0v) is 12.6. The highest BCUT2D eigenvalue weighted by atomic mass is 79.9. The Kier molecular flexibility index (Phi) is 5.24. The van der Waals surface area contributed by atoms with Gasteiger partial charge < -0.3 is 0 Å². The highest BCUT2D eigenvalue weighted by Crippen LogP contribution is 2.17. The summed E-state index contributed by atoms with van der Waals surface area (Å²) in [6.45, 7) is 0. The SMILES string of the molecule is O=C(CC(=O)Cc1ccccc1Br)Cc1ccccc1. The van der Waals surface area contributed by atoms with Crippen LogP contribution in [0.5, 0.6) is 0 Å². The second-order valence-corrected chi connectivity index (χ2v) is 5.54. The first-order valence-electron chi connectivity index (χ1n) is 6.46. The molecule has 2 aromatic rings. The first-order chi connectivity index (χ1) is 9.65. The molecule has 20 heavy (non-hydrogen) atoms. The molecule has 0 spiro atoms. The fourth-order valence-electron chi connectivity index (χ4n) is 2.02. The van der Waals surface area contributed by atoms with Crippen molar-refractivity contribution in [1.82, 2.24) is 0 Å². The van der Waals surface area contributed by atoms with Crippen LogP contribution in [0.2, 0.25) is 0 Å². The van der Waals surface area contributed by atoms with Gasteiger partial charge in [-0.25, -0.2) is 0 Å². The molecule has 3 heteroatoms. The minimum atomic E-state index is -0.0437. The van der Waals surface area contributed by atoms with Gasteiger partial charge in [0, 0.05) is 17.3 Å².